The summed E-state index contributed by atoms with van der Waals surface area (Å²) in [5.74, 6) is 0.107. The fraction of sp³-hybridized carbons (Fsp3) is 0.611. The van der Waals surface area contributed by atoms with E-state index in [1.165, 1.54) is 5.56 Å². The van der Waals surface area contributed by atoms with Gasteiger partial charge in [-0.2, -0.15) is 0 Å². The Morgan fingerprint density at radius 2 is 1.91 bits per heavy atom. The number of aliphatic hydroxyl groups is 1. The number of carbonyl (C=O) groups is 1. The molecule has 1 amide bonds. The van der Waals surface area contributed by atoms with Crippen LogP contribution in [-0.4, -0.2) is 67.3 Å². The summed E-state index contributed by atoms with van der Waals surface area (Å²) in [5.41, 5.74) is 1.97. The second-order valence-electron chi connectivity index (χ2n) is 6.37. The fourth-order valence-corrected chi connectivity index (χ4v) is 2.84. The number of amides is 1. The summed E-state index contributed by atoms with van der Waals surface area (Å²) < 4.78 is 5.71. The molecule has 1 fully saturated rings. The van der Waals surface area contributed by atoms with E-state index in [0.29, 0.717) is 13.0 Å². The molecule has 0 saturated carbocycles. The monoisotopic (exact) mass is 320 g/mol. The van der Waals surface area contributed by atoms with E-state index in [-0.39, 0.29) is 18.6 Å². The maximum absolute atomic E-state index is 12.5. The lowest BCUT2D eigenvalue weighted by Gasteiger charge is -2.32. The molecular formula is C18H28N2O3. The van der Waals surface area contributed by atoms with Crippen LogP contribution in [0.3, 0.4) is 0 Å². The second-order valence-corrected chi connectivity index (χ2v) is 6.37. The molecule has 1 aliphatic heterocycles. The van der Waals surface area contributed by atoms with Gasteiger partial charge >= 0.3 is 0 Å². The Morgan fingerprint density at radius 3 is 2.48 bits per heavy atom. The van der Waals surface area contributed by atoms with Gasteiger partial charge < -0.3 is 19.6 Å². The van der Waals surface area contributed by atoms with E-state index in [1.807, 2.05) is 43.3 Å². The van der Waals surface area contributed by atoms with Crippen molar-refractivity contribution in [2.75, 3.05) is 40.4 Å². The topological polar surface area (TPSA) is 53.0 Å². The third-order valence-corrected chi connectivity index (χ3v) is 4.08. The normalized spacial score (nSPS) is 16.1. The van der Waals surface area contributed by atoms with E-state index < -0.39 is 0 Å². The Hall–Kier alpha value is -1.43. The van der Waals surface area contributed by atoms with Gasteiger partial charge in [-0.3, -0.25) is 4.79 Å². The van der Waals surface area contributed by atoms with Crippen LogP contribution in [0.5, 0.6) is 0 Å². The highest BCUT2D eigenvalue weighted by atomic mass is 16.5. The number of ether oxygens (including phenoxy) is 1. The summed E-state index contributed by atoms with van der Waals surface area (Å²) in [5, 5.41) is 8.77. The van der Waals surface area contributed by atoms with Crippen LogP contribution in [0, 0.1) is 0 Å². The van der Waals surface area contributed by atoms with E-state index in [9.17, 15) is 4.79 Å². The molecule has 1 heterocycles. The standard InChI is InChI=1S/C18H28N2O3/c1-19(2)14-15-4-6-16(7-5-15)18(22)20-10-8-17(9-11-20)23-13-3-12-21/h4-7,17,21H,3,8-14H2,1-2H3. The fourth-order valence-electron chi connectivity index (χ4n) is 2.84. The second kappa shape index (κ2) is 9.01. The summed E-state index contributed by atoms with van der Waals surface area (Å²) in [6.45, 7) is 3.12. The van der Waals surface area contributed by atoms with Crippen LogP contribution in [0.4, 0.5) is 0 Å². The van der Waals surface area contributed by atoms with Crippen molar-refractivity contribution >= 4 is 5.91 Å². The molecule has 0 radical (unpaired) electrons. The lowest BCUT2D eigenvalue weighted by Crippen LogP contribution is -2.41. The van der Waals surface area contributed by atoms with Crippen molar-refractivity contribution in [3.05, 3.63) is 35.4 Å². The molecule has 1 aromatic rings. The van der Waals surface area contributed by atoms with Gasteiger partial charge in [-0.25, -0.2) is 0 Å². The zero-order valence-electron chi connectivity index (χ0n) is 14.2. The first-order chi connectivity index (χ1) is 11.1. The van der Waals surface area contributed by atoms with E-state index in [0.717, 1.165) is 38.0 Å². The lowest BCUT2D eigenvalue weighted by atomic mass is 10.1. The summed E-state index contributed by atoms with van der Waals surface area (Å²) in [6.07, 6.45) is 2.64. The van der Waals surface area contributed by atoms with Crippen LogP contribution in [-0.2, 0) is 11.3 Å². The molecule has 128 valence electrons. The highest BCUT2D eigenvalue weighted by molar-refractivity contribution is 5.94. The van der Waals surface area contributed by atoms with Gasteiger partial charge in [0.15, 0.2) is 0 Å². The van der Waals surface area contributed by atoms with Gasteiger partial charge in [0.25, 0.3) is 5.91 Å². The Balaban J connectivity index is 1.82. The van der Waals surface area contributed by atoms with Crippen LogP contribution >= 0.6 is 0 Å². The number of nitrogens with zero attached hydrogens (tertiary/aromatic N) is 2. The number of hydrogen-bond donors (Lipinski definition) is 1. The minimum Gasteiger partial charge on any atom is -0.396 e. The SMILES string of the molecule is CN(C)Cc1ccc(C(=O)N2CCC(OCCCO)CC2)cc1. The molecule has 0 aliphatic carbocycles. The van der Waals surface area contributed by atoms with Crippen molar-refractivity contribution in [1.29, 1.82) is 0 Å². The third-order valence-electron chi connectivity index (χ3n) is 4.08. The van der Waals surface area contributed by atoms with E-state index in [1.54, 1.807) is 0 Å². The van der Waals surface area contributed by atoms with Crippen LogP contribution in [0.25, 0.3) is 0 Å². The number of aliphatic hydroxyl groups excluding tert-OH is 1. The van der Waals surface area contributed by atoms with E-state index >= 15 is 0 Å². The van der Waals surface area contributed by atoms with Gasteiger partial charge in [0.2, 0.25) is 0 Å². The minimum atomic E-state index is 0.107. The van der Waals surface area contributed by atoms with Crippen molar-refractivity contribution in [2.24, 2.45) is 0 Å². The van der Waals surface area contributed by atoms with Crippen molar-refractivity contribution in [3.8, 4) is 0 Å². The molecule has 0 atom stereocenters. The molecular weight excluding hydrogens is 292 g/mol. The number of benzene rings is 1. The van der Waals surface area contributed by atoms with Gasteiger partial charge in [0.05, 0.1) is 6.10 Å². The molecule has 0 spiro atoms. The van der Waals surface area contributed by atoms with E-state index in [4.69, 9.17) is 9.84 Å². The average molecular weight is 320 g/mol. The summed E-state index contributed by atoms with van der Waals surface area (Å²) in [7, 11) is 4.07. The molecule has 1 N–H and O–H groups in total. The largest absolute Gasteiger partial charge is 0.396 e. The van der Waals surface area contributed by atoms with Crippen LogP contribution in [0.1, 0.15) is 35.2 Å². The Kier molecular flexibility index (Phi) is 7.02. The molecule has 0 bridgehead atoms. The first-order valence-corrected chi connectivity index (χ1v) is 8.35. The third kappa shape index (κ3) is 5.61. The van der Waals surface area contributed by atoms with Gasteiger partial charge in [-0.15, -0.1) is 0 Å². The Morgan fingerprint density at radius 1 is 1.26 bits per heavy atom. The Bertz CT molecular complexity index is 480. The molecule has 5 nitrogen and oxygen atoms in total. The first-order valence-electron chi connectivity index (χ1n) is 8.35. The number of carbonyl (C=O) groups excluding carboxylic acids is 1. The van der Waals surface area contributed by atoms with E-state index in [2.05, 4.69) is 4.90 Å². The van der Waals surface area contributed by atoms with Gasteiger partial charge in [0.1, 0.15) is 0 Å². The number of likely N-dealkylation sites (tertiary alicyclic amines) is 1. The van der Waals surface area contributed by atoms with Gasteiger partial charge in [-0.1, -0.05) is 12.1 Å². The number of hydrogen-bond acceptors (Lipinski definition) is 4. The summed E-state index contributed by atoms with van der Waals surface area (Å²) in [6, 6.07) is 7.89. The minimum absolute atomic E-state index is 0.107. The molecule has 23 heavy (non-hydrogen) atoms. The maximum atomic E-state index is 12.5. The summed E-state index contributed by atoms with van der Waals surface area (Å²) in [4.78, 5) is 16.6. The molecule has 1 saturated heterocycles. The zero-order valence-corrected chi connectivity index (χ0v) is 14.2. The Labute approximate surface area is 138 Å². The molecule has 2 rings (SSSR count). The molecule has 0 aromatic heterocycles. The van der Waals surface area contributed by atoms with Crippen molar-refractivity contribution in [3.63, 3.8) is 0 Å². The lowest BCUT2D eigenvalue weighted by molar-refractivity contribution is 0.00397. The number of piperidine rings is 1. The smallest absolute Gasteiger partial charge is 0.253 e. The highest BCUT2D eigenvalue weighted by Crippen LogP contribution is 2.17. The predicted octanol–water partition coefficient (Wildman–Crippen LogP) is 1.75. The van der Waals surface area contributed by atoms with Crippen LogP contribution < -0.4 is 0 Å². The molecule has 0 unspecified atom stereocenters. The quantitative estimate of drug-likeness (QED) is 0.778. The zero-order chi connectivity index (χ0) is 16.7. The predicted molar refractivity (Wildman–Crippen MR) is 90.4 cm³/mol. The average Bonchev–Trinajstić information content (AvgIpc) is 2.55. The highest BCUT2D eigenvalue weighted by Gasteiger charge is 2.23. The van der Waals surface area contributed by atoms with Crippen LogP contribution in [0.2, 0.25) is 0 Å². The molecule has 5 heteroatoms. The molecule has 1 aromatic carbocycles. The first kappa shape index (κ1) is 17.9. The maximum Gasteiger partial charge on any atom is 0.253 e. The molecule has 1 aliphatic rings. The summed E-state index contributed by atoms with van der Waals surface area (Å²) >= 11 is 0. The van der Waals surface area contributed by atoms with Crippen molar-refractivity contribution in [1.82, 2.24) is 9.80 Å². The van der Waals surface area contributed by atoms with Gasteiger partial charge in [0, 0.05) is 38.4 Å². The van der Waals surface area contributed by atoms with Crippen molar-refractivity contribution in [2.45, 2.75) is 31.9 Å². The van der Waals surface area contributed by atoms with Gasteiger partial charge in [-0.05, 0) is 51.1 Å². The number of rotatable bonds is 7. The van der Waals surface area contributed by atoms with Crippen molar-refractivity contribution < 1.29 is 14.6 Å². The van der Waals surface area contributed by atoms with Crippen LogP contribution in [0.15, 0.2) is 24.3 Å².